The Balaban J connectivity index is 3.32. The highest BCUT2D eigenvalue weighted by molar-refractivity contribution is 5.25. The topological polar surface area (TPSA) is 20.2 Å². The standard InChI is InChI=1S/C9H7F3O/c1-2-7(13)8-5(10)3-4-6(11)9(8)12/h2-4,7,13H,1H2. The summed E-state index contributed by atoms with van der Waals surface area (Å²) in [5.41, 5.74) is -0.713. The largest absolute Gasteiger partial charge is 0.384 e. The fourth-order valence-corrected chi connectivity index (χ4v) is 0.932. The molecular weight excluding hydrogens is 181 g/mol. The van der Waals surface area contributed by atoms with Gasteiger partial charge in [-0.1, -0.05) is 6.08 Å². The average molecular weight is 188 g/mol. The molecule has 0 saturated carbocycles. The van der Waals surface area contributed by atoms with Gasteiger partial charge in [-0.05, 0) is 12.1 Å². The summed E-state index contributed by atoms with van der Waals surface area (Å²) in [6.07, 6.45) is -0.614. The molecule has 0 amide bonds. The van der Waals surface area contributed by atoms with Crippen molar-refractivity contribution >= 4 is 0 Å². The minimum atomic E-state index is -1.53. The summed E-state index contributed by atoms with van der Waals surface area (Å²) in [7, 11) is 0. The maximum absolute atomic E-state index is 12.9. The van der Waals surface area contributed by atoms with Gasteiger partial charge in [0.2, 0.25) is 0 Å². The lowest BCUT2D eigenvalue weighted by Crippen LogP contribution is -2.03. The molecular formula is C9H7F3O. The van der Waals surface area contributed by atoms with Crippen molar-refractivity contribution in [2.24, 2.45) is 0 Å². The predicted octanol–water partition coefficient (Wildman–Crippen LogP) is 2.32. The fourth-order valence-electron chi connectivity index (χ4n) is 0.932. The number of aliphatic hydroxyl groups is 1. The third-order valence-corrected chi connectivity index (χ3v) is 1.60. The van der Waals surface area contributed by atoms with Crippen LogP contribution in [-0.4, -0.2) is 5.11 Å². The maximum Gasteiger partial charge on any atom is 0.167 e. The quantitative estimate of drug-likeness (QED) is 0.557. The Labute approximate surface area is 73.1 Å². The predicted molar refractivity (Wildman–Crippen MR) is 41.5 cm³/mol. The first kappa shape index (κ1) is 9.80. The minimum absolute atomic E-state index is 0.657. The first-order chi connectivity index (χ1) is 6.07. The molecule has 1 unspecified atom stereocenters. The van der Waals surface area contributed by atoms with Gasteiger partial charge < -0.3 is 5.11 Å². The van der Waals surface area contributed by atoms with E-state index >= 15 is 0 Å². The lowest BCUT2D eigenvalue weighted by molar-refractivity contribution is 0.215. The van der Waals surface area contributed by atoms with Gasteiger partial charge in [0.1, 0.15) is 11.9 Å². The molecule has 0 spiro atoms. The molecule has 1 atom stereocenters. The van der Waals surface area contributed by atoms with E-state index < -0.39 is 29.1 Å². The number of hydrogen-bond donors (Lipinski definition) is 1. The molecule has 13 heavy (non-hydrogen) atoms. The molecule has 0 bridgehead atoms. The molecule has 0 aliphatic rings. The van der Waals surface area contributed by atoms with E-state index in [1.54, 1.807) is 0 Å². The Morgan fingerprint density at radius 3 is 2.31 bits per heavy atom. The van der Waals surface area contributed by atoms with Crippen molar-refractivity contribution in [2.45, 2.75) is 6.10 Å². The normalized spacial score (nSPS) is 12.6. The van der Waals surface area contributed by atoms with Crippen LogP contribution >= 0.6 is 0 Å². The molecule has 0 aliphatic heterocycles. The minimum Gasteiger partial charge on any atom is -0.384 e. The molecule has 1 aromatic rings. The smallest absolute Gasteiger partial charge is 0.167 e. The van der Waals surface area contributed by atoms with E-state index in [0.717, 1.165) is 12.1 Å². The Morgan fingerprint density at radius 1 is 1.23 bits per heavy atom. The number of hydrogen-bond acceptors (Lipinski definition) is 1. The molecule has 0 aliphatic carbocycles. The van der Waals surface area contributed by atoms with Crippen molar-refractivity contribution in [3.8, 4) is 0 Å². The average Bonchev–Trinajstić information content (AvgIpc) is 2.12. The van der Waals surface area contributed by atoms with Crippen LogP contribution in [-0.2, 0) is 0 Å². The lowest BCUT2D eigenvalue weighted by atomic mass is 10.1. The molecule has 4 heteroatoms. The summed E-state index contributed by atoms with van der Waals surface area (Å²) in [5.74, 6) is -3.57. The zero-order valence-corrected chi connectivity index (χ0v) is 6.60. The van der Waals surface area contributed by atoms with Crippen LogP contribution in [0, 0.1) is 17.5 Å². The van der Waals surface area contributed by atoms with E-state index in [9.17, 15) is 13.2 Å². The second-order valence-electron chi connectivity index (χ2n) is 2.44. The van der Waals surface area contributed by atoms with E-state index in [2.05, 4.69) is 6.58 Å². The molecule has 0 fully saturated rings. The summed E-state index contributed by atoms with van der Waals surface area (Å²) in [6.45, 7) is 3.14. The van der Waals surface area contributed by atoms with Crippen LogP contribution in [0.2, 0.25) is 0 Å². The maximum atomic E-state index is 12.9. The molecule has 70 valence electrons. The van der Waals surface area contributed by atoms with Crippen LogP contribution in [0.1, 0.15) is 11.7 Å². The number of halogens is 3. The van der Waals surface area contributed by atoms with Gasteiger partial charge >= 0.3 is 0 Å². The highest BCUT2D eigenvalue weighted by Crippen LogP contribution is 2.23. The molecule has 1 nitrogen and oxygen atoms in total. The highest BCUT2D eigenvalue weighted by atomic mass is 19.2. The van der Waals surface area contributed by atoms with Gasteiger partial charge in [-0.15, -0.1) is 6.58 Å². The van der Waals surface area contributed by atoms with E-state index in [-0.39, 0.29) is 0 Å². The first-order valence-electron chi connectivity index (χ1n) is 3.52. The fraction of sp³-hybridized carbons (Fsp3) is 0.111. The summed E-state index contributed by atoms with van der Waals surface area (Å²) >= 11 is 0. The van der Waals surface area contributed by atoms with Gasteiger partial charge in [0.25, 0.3) is 0 Å². The van der Waals surface area contributed by atoms with Crippen LogP contribution in [0.5, 0.6) is 0 Å². The van der Waals surface area contributed by atoms with Crippen molar-refractivity contribution in [3.05, 3.63) is 47.8 Å². The number of aliphatic hydroxyl groups excluding tert-OH is 1. The second kappa shape index (κ2) is 3.62. The molecule has 0 saturated heterocycles. The van der Waals surface area contributed by atoms with Gasteiger partial charge in [0.15, 0.2) is 11.6 Å². The number of rotatable bonds is 2. The van der Waals surface area contributed by atoms with Crippen molar-refractivity contribution in [1.82, 2.24) is 0 Å². The van der Waals surface area contributed by atoms with Crippen LogP contribution in [0.4, 0.5) is 13.2 Å². The first-order valence-corrected chi connectivity index (χ1v) is 3.52. The molecule has 1 aromatic carbocycles. The Bertz CT molecular complexity index is 336. The van der Waals surface area contributed by atoms with Gasteiger partial charge in [-0.3, -0.25) is 0 Å². The van der Waals surface area contributed by atoms with E-state index in [0.29, 0.717) is 6.07 Å². The van der Waals surface area contributed by atoms with Crippen molar-refractivity contribution in [3.63, 3.8) is 0 Å². The lowest BCUT2D eigenvalue weighted by Gasteiger charge is -2.08. The molecule has 1 rings (SSSR count). The third-order valence-electron chi connectivity index (χ3n) is 1.60. The van der Waals surface area contributed by atoms with E-state index in [4.69, 9.17) is 5.11 Å². The Kier molecular flexibility index (Phi) is 2.72. The Morgan fingerprint density at radius 2 is 1.77 bits per heavy atom. The third kappa shape index (κ3) is 1.72. The van der Waals surface area contributed by atoms with E-state index in [1.807, 2.05) is 0 Å². The van der Waals surface area contributed by atoms with Gasteiger partial charge in [-0.25, -0.2) is 13.2 Å². The van der Waals surface area contributed by atoms with Gasteiger partial charge in [0.05, 0.1) is 5.56 Å². The van der Waals surface area contributed by atoms with Crippen molar-refractivity contribution < 1.29 is 18.3 Å². The summed E-state index contributed by atoms with van der Waals surface area (Å²) < 4.78 is 38.3. The van der Waals surface area contributed by atoms with Gasteiger partial charge in [-0.2, -0.15) is 0 Å². The monoisotopic (exact) mass is 188 g/mol. The molecule has 0 heterocycles. The molecule has 0 radical (unpaired) electrons. The zero-order chi connectivity index (χ0) is 10.0. The summed E-state index contributed by atoms with van der Waals surface area (Å²) in [5, 5.41) is 9.05. The van der Waals surface area contributed by atoms with Crippen LogP contribution in [0.15, 0.2) is 24.8 Å². The summed E-state index contributed by atoms with van der Waals surface area (Å²) in [6, 6.07) is 1.41. The van der Waals surface area contributed by atoms with Crippen LogP contribution in [0.3, 0.4) is 0 Å². The highest BCUT2D eigenvalue weighted by Gasteiger charge is 2.18. The van der Waals surface area contributed by atoms with E-state index in [1.165, 1.54) is 0 Å². The van der Waals surface area contributed by atoms with Gasteiger partial charge in [0, 0.05) is 0 Å². The summed E-state index contributed by atoms with van der Waals surface area (Å²) in [4.78, 5) is 0. The Hall–Kier alpha value is -1.29. The van der Waals surface area contributed by atoms with Crippen molar-refractivity contribution in [1.29, 1.82) is 0 Å². The zero-order valence-electron chi connectivity index (χ0n) is 6.60. The van der Waals surface area contributed by atoms with Crippen molar-refractivity contribution in [2.75, 3.05) is 0 Å². The SMILES string of the molecule is C=CC(O)c1c(F)ccc(F)c1F. The number of benzene rings is 1. The van der Waals surface area contributed by atoms with Crippen LogP contribution in [0.25, 0.3) is 0 Å². The molecule has 1 N–H and O–H groups in total. The molecule has 0 aromatic heterocycles. The second-order valence-corrected chi connectivity index (χ2v) is 2.44. The van der Waals surface area contributed by atoms with Crippen LogP contribution < -0.4 is 0 Å².